The zero-order valence-corrected chi connectivity index (χ0v) is 15.9. The van der Waals surface area contributed by atoms with Gasteiger partial charge in [-0.15, -0.1) is 0 Å². The van der Waals surface area contributed by atoms with E-state index in [0.29, 0.717) is 21.4 Å². The second-order valence-electron chi connectivity index (χ2n) is 6.04. The molecule has 0 unspecified atom stereocenters. The van der Waals surface area contributed by atoms with Crippen LogP contribution in [0.4, 0.5) is 11.4 Å². The third-order valence-electron chi connectivity index (χ3n) is 4.31. The quantitative estimate of drug-likeness (QED) is 0.581. The van der Waals surface area contributed by atoms with Crippen molar-refractivity contribution in [1.29, 1.82) is 0 Å². The summed E-state index contributed by atoms with van der Waals surface area (Å²) >= 11 is 12.0. The van der Waals surface area contributed by atoms with Crippen molar-refractivity contribution in [1.82, 2.24) is 0 Å². The Hall–Kier alpha value is -2.43. The van der Waals surface area contributed by atoms with Crippen LogP contribution in [-0.4, -0.2) is 13.0 Å². The molecule has 0 aliphatic rings. The minimum atomic E-state index is -0.350. The molecule has 0 fully saturated rings. The molecule has 0 aliphatic carbocycles. The molecule has 1 amide bonds. The van der Waals surface area contributed by atoms with Gasteiger partial charge in [-0.25, -0.2) is 0 Å². The number of hydrogen-bond acceptors (Lipinski definition) is 3. The van der Waals surface area contributed by atoms with Gasteiger partial charge in [0.1, 0.15) is 5.75 Å². The molecule has 0 aliphatic heterocycles. The first-order valence-electron chi connectivity index (χ1n) is 8.02. The summed E-state index contributed by atoms with van der Waals surface area (Å²) in [7, 11) is 1.64. The summed E-state index contributed by atoms with van der Waals surface area (Å²) in [6, 6.07) is 14.9. The van der Waals surface area contributed by atoms with Crippen LogP contribution in [0.15, 0.2) is 48.5 Å². The van der Waals surface area contributed by atoms with Gasteiger partial charge >= 0.3 is 0 Å². The van der Waals surface area contributed by atoms with Gasteiger partial charge < -0.3 is 15.8 Å². The van der Waals surface area contributed by atoms with E-state index in [-0.39, 0.29) is 11.8 Å². The zero-order chi connectivity index (χ0) is 18.8. The number of ether oxygens (including phenoxy) is 1. The van der Waals surface area contributed by atoms with Gasteiger partial charge in [-0.1, -0.05) is 47.5 Å². The molecular weight excluding hydrogens is 371 g/mol. The smallest absolute Gasteiger partial charge is 0.231 e. The van der Waals surface area contributed by atoms with Crippen molar-refractivity contribution in [2.45, 2.75) is 12.8 Å². The lowest BCUT2D eigenvalue weighted by Crippen LogP contribution is -2.19. The van der Waals surface area contributed by atoms with E-state index in [1.807, 2.05) is 43.3 Å². The summed E-state index contributed by atoms with van der Waals surface area (Å²) in [6.07, 6.45) is 0. The fraction of sp³-hybridized carbons (Fsp3) is 0.150. The fourth-order valence-electron chi connectivity index (χ4n) is 2.70. The molecular formula is C20H18Cl2N2O2. The number of hydrogen-bond donors (Lipinski definition) is 2. The molecule has 3 aromatic rings. The molecule has 4 nitrogen and oxygen atoms in total. The fourth-order valence-corrected chi connectivity index (χ4v) is 3.18. The SMILES string of the molecule is COc1ccc2cc([C@H](C)C(=O)Nc3cc(Cl)c(N)c(Cl)c3)ccc2c1. The number of anilines is 2. The highest BCUT2D eigenvalue weighted by Crippen LogP contribution is 2.32. The number of carbonyl (C=O) groups excluding carboxylic acids is 1. The molecule has 6 heteroatoms. The number of nitrogens with one attached hydrogen (secondary N) is 1. The molecule has 0 saturated carbocycles. The van der Waals surface area contributed by atoms with Crippen LogP contribution in [0.2, 0.25) is 10.0 Å². The normalized spacial score (nSPS) is 12.0. The maximum atomic E-state index is 12.6. The number of amides is 1. The Morgan fingerprint density at radius 2 is 1.65 bits per heavy atom. The lowest BCUT2D eigenvalue weighted by atomic mass is 9.97. The molecule has 0 heterocycles. The Balaban J connectivity index is 1.83. The largest absolute Gasteiger partial charge is 0.497 e. The average Bonchev–Trinajstić information content (AvgIpc) is 2.64. The van der Waals surface area contributed by atoms with Crippen molar-refractivity contribution in [2.75, 3.05) is 18.2 Å². The summed E-state index contributed by atoms with van der Waals surface area (Å²) in [5, 5.41) is 5.54. The van der Waals surface area contributed by atoms with E-state index >= 15 is 0 Å². The maximum Gasteiger partial charge on any atom is 0.231 e. The number of fused-ring (bicyclic) bond motifs is 1. The summed E-state index contributed by atoms with van der Waals surface area (Å²) in [5.41, 5.74) is 7.44. The predicted octanol–water partition coefficient (Wildman–Crippen LogP) is 5.48. The molecule has 1 atom stereocenters. The molecule has 134 valence electrons. The van der Waals surface area contributed by atoms with Crippen LogP contribution >= 0.6 is 23.2 Å². The van der Waals surface area contributed by atoms with Crippen molar-refractivity contribution in [3.63, 3.8) is 0 Å². The van der Waals surface area contributed by atoms with E-state index in [9.17, 15) is 4.79 Å². The Bertz CT molecular complexity index is 966. The van der Waals surface area contributed by atoms with Crippen LogP contribution in [0.25, 0.3) is 10.8 Å². The standard InChI is InChI=1S/C20H18Cl2N2O2/c1-11(20(25)24-15-9-17(21)19(23)18(22)10-15)12-3-4-14-8-16(26-2)6-5-13(14)7-12/h3-11H,23H2,1-2H3,(H,24,25)/t11-/m0/s1. The molecule has 26 heavy (non-hydrogen) atoms. The Morgan fingerprint density at radius 1 is 1.04 bits per heavy atom. The second-order valence-corrected chi connectivity index (χ2v) is 6.85. The monoisotopic (exact) mass is 388 g/mol. The lowest BCUT2D eigenvalue weighted by Gasteiger charge is -2.14. The van der Waals surface area contributed by atoms with E-state index in [2.05, 4.69) is 5.32 Å². The number of rotatable bonds is 4. The average molecular weight is 389 g/mol. The third kappa shape index (κ3) is 3.71. The van der Waals surface area contributed by atoms with Crippen LogP contribution in [0.5, 0.6) is 5.75 Å². The minimum absolute atomic E-state index is 0.158. The highest BCUT2D eigenvalue weighted by Gasteiger charge is 2.17. The van der Waals surface area contributed by atoms with Crippen LogP contribution in [0, 0.1) is 0 Å². The van der Waals surface area contributed by atoms with Gasteiger partial charge in [0.25, 0.3) is 0 Å². The third-order valence-corrected chi connectivity index (χ3v) is 4.94. The summed E-state index contributed by atoms with van der Waals surface area (Å²) < 4.78 is 5.24. The second kappa shape index (κ2) is 7.44. The molecule has 0 spiro atoms. The van der Waals surface area contributed by atoms with Crippen molar-refractivity contribution in [3.05, 3.63) is 64.1 Å². The lowest BCUT2D eigenvalue weighted by molar-refractivity contribution is -0.117. The molecule has 0 bridgehead atoms. The van der Waals surface area contributed by atoms with Gasteiger partial charge in [0.05, 0.1) is 28.8 Å². The van der Waals surface area contributed by atoms with Crippen molar-refractivity contribution in [3.8, 4) is 5.75 Å². The molecule has 0 aromatic heterocycles. The highest BCUT2D eigenvalue weighted by atomic mass is 35.5. The number of nitrogens with two attached hydrogens (primary N) is 1. The Labute approximate surface area is 161 Å². The first-order chi connectivity index (χ1) is 12.4. The van der Waals surface area contributed by atoms with E-state index < -0.39 is 0 Å². The van der Waals surface area contributed by atoms with Gasteiger partial charge in [0.15, 0.2) is 0 Å². The maximum absolute atomic E-state index is 12.6. The van der Waals surface area contributed by atoms with Crippen molar-refractivity contribution < 1.29 is 9.53 Å². The first kappa shape index (κ1) is 18.4. The predicted molar refractivity (Wildman–Crippen MR) is 108 cm³/mol. The molecule has 3 rings (SSSR count). The van der Waals surface area contributed by atoms with Crippen LogP contribution in [0.1, 0.15) is 18.4 Å². The first-order valence-corrected chi connectivity index (χ1v) is 8.77. The number of benzene rings is 3. The highest BCUT2D eigenvalue weighted by molar-refractivity contribution is 6.39. The number of nitrogen functional groups attached to an aromatic ring is 1. The zero-order valence-electron chi connectivity index (χ0n) is 14.3. The van der Waals surface area contributed by atoms with Gasteiger partial charge in [0.2, 0.25) is 5.91 Å². The Kier molecular flexibility index (Phi) is 5.25. The minimum Gasteiger partial charge on any atom is -0.497 e. The summed E-state index contributed by atoms with van der Waals surface area (Å²) in [6.45, 7) is 1.85. The van der Waals surface area contributed by atoms with Gasteiger partial charge in [0, 0.05) is 5.69 Å². The molecule has 0 radical (unpaired) electrons. The Morgan fingerprint density at radius 3 is 2.31 bits per heavy atom. The number of carbonyl (C=O) groups is 1. The van der Waals surface area contributed by atoms with Gasteiger partial charge in [-0.3, -0.25) is 4.79 Å². The van der Waals surface area contributed by atoms with E-state index in [0.717, 1.165) is 22.1 Å². The molecule has 3 aromatic carbocycles. The van der Waals surface area contributed by atoms with Crippen LogP contribution in [-0.2, 0) is 4.79 Å². The van der Waals surface area contributed by atoms with E-state index in [4.69, 9.17) is 33.7 Å². The van der Waals surface area contributed by atoms with Crippen molar-refractivity contribution in [2.24, 2.45) is 0 Å². The number of methoxy groups -OCH3 is 1. The van der Waals surface area contributed by atoms with Crippen LogP contribution in [0.3, 0.4) is 0 Å². The summed E-state index contributed by atoms with van der Waals surface area (Å²) in [5.74, 6) is 0.291. The topological polar surface area (TPSA) is 64.3 Å². The van der Waals surface area contributed by atoms with E-state index in [1.54, 1.807) is 19.2 Å². The van der Waals surface area contributed by atoms with Crippen molar-refractivity contribution >= 4 is 51.3 Å². The van der Waals surface area contributed by atoms with E-state index in [1.165, 1.54) is 0 Å². The number of halogens is 2. The molecule has 0 saturated heterocycles. The summed E-state index contributed by atoms with van der Waals surface area (Å²) in [4.78, 5) is 12.6. The van der Waals surface area contributed by atoms with Crippen LogP contribution < -0.4 is 15.8 Å². The molecule has 3 N–H and O–H groups in total. The van der Waals surface area contributed by atoms with Gasteiger partial charge in [-0.2, -0.15) is 0 Å². The van der Waals surface area contributed by atoms with Gasteiger partial charge in [-0.05, 0) is 47.5 Å².